The predicted octanol–water partition coefficient (Wildman–Crippen LogP) is 3.28. The predicted molar refractivity (Wildman–Crippen MR) is 64.3 cm³/mol. The maximum Gasteiger partial charge on any atom is 0.137 e. The number of ether oxygens (including phenoxy) is 1. The molecule has 1 aromatic rings. The average Bonchev–Trinajstić information content (AvgIpc) is 2.33. The Kier molecular flexibility index (Phi) is 3.61. The molecule has 0 saturated carbocycles. The Morgan fingerprint density at radius 1 is 1.44 bits per heavy atom. The summed E-state index contributed by atoms with van der Waals surface area (Å²) in [5.41, 5.74) is 8.05. The van der Waals surface area contributed by atoms with Crippen molar-refractivity contribution in [2.45, 2.75) is 18.9 Å². The first-order valence-electron chi connectivity index (χ1n) is 5.19. The van der Waals surface area contributed by atoms with Crippen molar-refractivity contribution >= 4 is 15.9 Å². The molecule has 1 aliphatic heterocycles. The van der Waals surface area contributed by atoms with Gasteiger partial charge in [-0.25, -0.2) is 4.39 Å². The van der Waals surface area contributed by atoms with E-state index in [4.69, 9.17) is 10.5 Å². The Labute approximate surface area is 102 Å². The van der Waals surface area contributed by atoms with Crippen LogP contribution in [0.5, 0.6) is 0 Å². The summed E-state index contributed by atoms with van der Waals surface area (Å²) in [6.45, 7) is 0.753. The lowest BCUT2D eigenvalue weighted by Gasteiger charge is -2.20. The quantitative estimate of drug-likeness (QED) is 0.905. The molecule has 0 aliphatic carbocycles. The van der Waals surface area contributed by atoms with Gasteiger partial charge < -0.3 is 10.5 Å². The standard InChI is InChI=1S/C12H13BrFNO/c13-10-6-8(3-4-11(10)14)12(15)9-2-1-5-16-7-9/h3-4,6-7,12H,1-2,5,15H2. The topological polar surface area (TPSA) is 35.2 Å². The van der Waals surface area contributed by atoms with Gasteiger partial charge in [0.25, 0.3) is 0 Å². The largest absolute Gasteiger partial charge is 0.501 e. The summed E-state index contributed by atoms with van der Waals surface area (Å²) in [5.74, 6) is -0.273. The summed E-state index contributed by atoms with van der Waals surface area (Å²) in [6.07, 6.45) is 3.66. The highest BCUT2D eigenvalue weighted by atomic mass is 79.9. The van der Waals surface area contributed by atoms with Crippen LogP contribution in [-0.2, 0) is 4.74 Å². The van der Waals surface area contributed by atoms with Gasteiger partial charge in [-0.1, -0.05) is 6.07 Å². The molecule has 2 nitrogen and oxygen atoms in total. The smallest absolute Gasteiger partial charge is 0.137 e. The Morgan fingerprint density at radius 2 is 2.25 bits per heavy atom. The number of hydrogen-bond acceptors (Lipinski definition) is 2. The van der Waals surface area contributed by atoms with Crippen LogP contribution in [-0.4, -0.2) is 6.61 Å². The average molecular weight is 286 g/mol. The fourth-order valence-corrected chi connectivity index (χ4v) is 2.13. The van der Waals surface area contributed by atoms with Crippen LogP contribution < -0.4 is 5.73 Å². The van der Waals surface area contributed by atoms with Crippen LogP contribution in [0.25, 0.3) is 0 Å². The summed E-state index contributed by atoms with van der Waals surface area (Å²) in [5, 5.41) is 0. The molecule has 0 spiro atoms. The lowest BCUT2D eigenvalue weighted by Crippen LogP contribution is -2.16. The van der Waals surface area contributed by atoms with Gasteiger partial charge >= 0.3 is 0 Å². The molecule has 4 heteroatoms. The first kappa shape index (κ1) is 11.6. The van der Waals surface area contributed by atoms with E-state index in [1.807, 2.05) is 0 Å². The van der Waals surface area contributed by atoms with Crippen LogP contribution >= 0.6 is 15.9 Å². The van der Waals surface area contributed by atoms with Crippen molar-refractivity contribution in [2.75, 3.05) is 6.61 Å². The second kappa shape index (κ2) is 4.97. The van der Waals surface area contributed by atoms with E-state index in [1.165, 1.54) is 6.07 Å². The second-order valence-corrected chi connectivity index (χ2v) is 4.67. The number of halogens is 2. The van der Waals surface area contributed by atoms with E-state index in [-0.39, 0.29) is 11.9 Å². The highest BCUT2D eigenvalue weighted by molar-refractivity contribution is 9.10. The van der Waals surface area contributed by atoms with Gasteiger partial charge in [0.2, 0.25) is 0 Å². The molecule has 1 unspecified atom stereocenters. The third-order valence-corrected chi connectivity index (χ3v) is 3.27. The van der Waals surface area contributed by atoms with E-state index in [0.29, 0.717) is 4.47 Å². The summed E-state index contributed by atoms with van der Waals surface area (Å²) < 4.78 is 18.8. The van der Waals surface area contributed by atoms with E-state index < -0.39 is 0 Å². The first-order valence-corrected chi connectivity index (χ1v) is 5.99. The summed E-state index contributed by atoms with van der Waals surface area (Å²) in [4.78, 5) is 0. The van der Waals surface area contributed by atoms with Crippen molar-refractivity contribution in [3.63, 3.8) is 0 Å². The zero-order valence-corrected chi connectivity index (χ0v) is 10.3. The molecule has 1 aromatic carbocycles. The number of benzene rings is 1. The second-order valence-electron chi connectivity index (χ2n) is 3.82. The molecule has 1 atom stereocenters. The molecule has 16 heavy (non-hydrogen) atoms. The van der Waals surface area contributed by atoms with Crippen molar-refractivity contribution in [2.24, 2.45) is 5.73 Å². The Bertz CT molecular complexity index is 419. The Hall–Kier alpha value is -0.870. The summed E-state index contributed by atoms with van der Waals surface area (Å²) in [7, 11) is 0. The Morgan fingerprint density at radius 3 is 2.88 bits per heavy atom. The van der Waals surface area contributed by atoms with Crippen molar-refractivity contribution in [1.82, 2.24) is 0 Å². The summed E-state index contributed by atoms with van der Waals surface area (Å²) >= 11 is 3.16. The molecule has 2 N–H and O–H groups in total. The molecule has 86 valence electrons. The van der Waals surface area contributed by atoms with E-state index >= 15 is 0 Å². The fourth-order valence-electron chi connectivity index (χ4n) is 1.73. The van der Waals surface area contributed by atoms with Gasteiger partial charge in [-0.05, 0) is 52.0 Å². The van der Waals surface area contributed by atoms with Crippen LogP contribution in [0.15, 0.2) is 34.5 Å². The lowest BCUT2D eigenvalue weighted by atomic mass is 9.96. The first-order chi connectivity index (χ1) is 7.68. The minimum absolute atomic E-state index is 0.211. The maximum atomic E-state index is 13.1. The Balaban J connectivity index is 2.22. The van der Waals surface area contributed by atoms with E-state index in [9.17, 15) is 4.39 Å². The molecule has 0 amide bonds. The van der Waals surface area contributed by atoms with Crippen molar-refractivity contribution in [1.29, 1.82) is 0 Å². The van der Waals surface area contributed by atoms with Crippen LogP contribution in [0.4, 0.5) is 4.39 Å². The zero-order valence-electron chi connectivity index (χ0n) is 8.75. The normalized spacial score (nSPS) is 17.6. The van der Waals surface area contributed by atoms with Gasteiger partial charge in [-0.15, -0.1) is 0 Å². The minimum atomic E-state index is -0.273. The fraction of sp³-hybridized carbons (Fsp3) is 0.333. The molecule has 0 fully saturated rings. The maximum absolute atomic E-state index is 13.1. The van der Waals surface area contributed by atoms with Gasteiger partial charge in [0, 0.05) is 0 Å². The van der Waals surface area contributed by atoms with Gasteiger partial charge in [0.05, 0.1) is 23.4 Å². The molecule has 0 aromatic heterocycles. The van der Waals surface area contributed by atoms with Gasteiger partial charge in [0.15, 0.2) is 0 Å². The van der Waals surface area contributed by atoms with Gasteiger partial charge in [0.1, 0.15) is 5.82 Å². The van der Waals surface area contributed by atoms with Crippen molar-refractivity contribution in [3.8, 4) is 0 Å². The minimum Gasteiger partial charge on any atom is -0.501 e. The summed E-state index contributed by atoms with van der Waals surface area (Å²) in [6, 6.07) is 4.64. The number of nitrogens with two attached hydrogens (primary N) is 1. The molecule has 0 bridgehead atoms. The molecule has 1 aliphatic rings. The molecular weight excluding hydrogens is 273 g/mol. The van der Waals surface area contributed by atoms with E-state index in [0.717, 1.165) is 30.6 Å². The lowest BCUT2D eigenvalue weighted by molar-refractivity contribution is 0.221. The highest BCUT2D eigenvalue weighted by Crippen LogP contribution is 2.28. The molecular formula is C12H13BrFNO. The van der Waals surface area contributed by atoms with Crippen molar-refractivity contribution < 1.29 is 9.13 Å². The van der Waals surface area contributed by atoms with Crippen LogP contribution in [0.3, 0.4) is 0 Å². The third kappa shape index (κ3) is 2.44. The van der Waals surface area contributed by atoms with E-state index in [1.54, 1.807) is 18.4 Å². The number of rotatable bonds is 2. The third-order valence-electron chi connectivity index (χ3n) is 2.66. The zero-order chi connectivity index (χ0) is 11.5. The molecule has 0 saturated heterocycles. The molecule has 0 radical (unpaired) electrons. The highest BCUT2D eigenvalue weighted by Gasteiger charge is 2.15. The van der Waals surface area contributed by atoms with E-state index in [2.05, 4.69) is 15.9 Å². The SMILES string of the molecule is NC(C1=COCCC1)c1ccc(F)c(Br)c1. The van der Waals surface area contributed by atoms with Gasteiger partial charge in [-0.3, -0.25) is 0 Å². The number of hydrogen-bond donors (Lipinski definition) is 1. The monoisotopic (exact) mass is 285 g/mol. The molecule has 2 rings (SSSR count). The van der Waals surface area contributed by atoms with Crippen LogP contribution in [0.2, 0.25) is 0 Å². The molecule has 1 heterocycles. The van der Waals surface area contributed by atoms with Crippen LogP contribution in [0, 0.1) is 5.82 Å². The van der Waals surface area contributed by atoms with Crippen molar-refractivity contribution in [3.05, 3.63) is 45.9 Å². The van der Waals surface area contributed by atoms with Gasteiger partial charge in [-0.2, -0.15) is 0 Å². The van der Waals surface area contributed by atoms with Crippen LogP contribution in [0.1, 0.15) is 24.4 Å².